The quantitative estimate of drug-likeness (QED) is 0.838. The molecule has 2 aliphatic rings. The molecule has 8 heteroatoms. The molecule has 0 spiro atoms. The number of aryl methyl sites for hydroxylation is 1. The largest absolute Gasteiger partial charge is 0.477 e. The van der Waals surface area contributed by atoms with Crippen molar-refractivity contribution in [2.75, 3.05) is 23.3 Å². The van der Waals surface area contributed by atoms with Crippen molar-refractivity contribution in [2.24, 2.45) is 5.73 Å². The molecule has 3 N–H and O–H groups in total. The topological polar surface area (TPSA) is 108 Å². The van der Waals surface area contributed by atoms with Crippen molar-refractivity contribution in [1.29, 1.82) is 5.26 Å². The zero-order chi connectivity index (χ0) is 19.0. The number of nitriles is 1. The van der Waals surface area contributed by atoms with Gasteiger partial charge in [-0.15, -0.1) is 11.3 Å². The van der Waals surface area contributed by atoms with Gasteiger partial charge < -0.3 is 20.7 Å². The number of amides is 2. The fraction of sp³-hybridized carbons (Fsp3) is 0.316. The van der Waals surface area contributed by atoms with Crippen molar-refractivity contribution in [3.63, 3.8) is 0 Å². The van der Waals surface area contributed by atoms with Gasteiger partial charge in [0.15, 0.2) is 6.10 Å². The molecule has 1 aromatic heterocycles. The number of para-hydroxylation sites is 2. The molecular formula is C19H18N4O3S. The molecule has 2 heterocycles. The van der Waals surface area contributed by atoms with Crippen LogP contribution in [0.4, 0.5) is 10.7 Å². The summed E-state index contributed by atoms with van der Waals surface area (Å²) >= 11 is 1.48. The van der Waals surface area contributed by atoms with Crippen LogP contribution >= 0.6 is 11.3 Å². The zero-order valence-electron chi connectivity index (χ0n) is 14.5. The number of rotatable bonds is 4. The minimum absolute atomic E-state index is 0.0393. The summed E-state index contributed by atoms with van der Waals surface area (Å²) < 4.78 is 5.61. The molecule has 1 aromatic carbocycles. The van der Waals surface area contributed by atoms with E-state index in [4.69, 9.17) is 10.5 Å². The third kappa shape index (κ3) is 3.22. The first-order chi connectivity index (χ1) is 13.1. The fourth-order valence-corrected chi connectivity index (χ4v) is 4.81. The minimum atomic E-state index is -0.812. The van der Waals surface area contributed by atoms with E-state index in [1.165, 1.54) is 16.2 Å². The number of anilines is 2. The summed E-state index contributed by atoms with van der Waals surface area (Å²) in [6, 6.07) is 9.44. The van der Waals surface area contributed by atoms with Crippen LogP contribution in [0.3, 0.4) is 0 Å². The Kier molecular flexibility index (Phi) is 4.46. The van der Waals surface area contributed by atoms with Crippen LogP contribution in [0, 0.1) is 11.3 Å². The Hall–Kier alpha value is -3.05. The Morgan fingerprint density at radius 3 is 2.96 bits per heavy atom. The molecule has 4 rings (SSSR count). The fourth-order valence-electron chi connectivity index (χ4n) is 3.56. The molecule has 0 saturated carbocycles. The molecule has 2 amide bonds. The number of nitrogens with zero attached hydrogens (tertiary/aromatic N) is 2. The molecule has 0 saturated heterocycles. The van der Waals surface area contributed by atoms with Gasteiger partial charge in [0.05, 0.1) is 24.3 Å². The van der Waals surface area contributed by atoms with Gasteiger partial charge in [0, 0.05) is 4.88 Å². The maximum absolute atomic E-state index is 12.6. The van der Waals surface area contributed by atoms with Crippen LogP contribution in [0.1, 0.15) is 22.4 Å². The first-order valence-corrected chi connectivity index (χ1v) is 9.53. The lowest BCUT2D eigenvalue weighted by Gasteiger charge is -2.34. The highest BCUT2D eigenvalue weighted by atomic mass is 32.1. The second-order valence-corrected chi connectivity index (χ2v) is 7.68. The lowest BCUT2D eigenvalue weighted by molar-refractivity contribution is -0.125. The summed E-state index contributed by atoms with van der Waals surface area (Å²) in [7, 11) is 0. The third-order valence-corrected chi connectivity index (χ3v) is 6.01. The zero-order valence-corrected chi connectivity index (χ0v) is 15.3. The number of hydrogen-bond acceptors (Lipinski definition) is 6. The number of primary amides is 1. The highest BCUT2D eigenvalue weighted by Gasteiger charge is 2.30. The van der Waals surface area contributed by atoms with Crippen molar-refractivity contribution < 1.29 is 14.3 Å². The van der Waals surface area contributed by atoms with Crippen LogP contribution in [0.15, 0.2) is 24.3 Å². The number of benzene rings is 1. The van der Waals surface area contributed by atoms with Gasteiger partial charge >= 0.3 is 0 Å². The van der Waals surface area contributed by atoms with Gasteiger partial charge in [-0.25, -0.2) is 0 Å². The van der Waals surface area contributed by atoms with Crippen molar-refractivity contribution in [2.45, 2.75) is 25.4 Å². The summed E-state index contributed by atoms with van der Waals surface area (Å²) in [4.78, 5) is 27.2. The molecule has 1 aliphatic carbocycles. The monoisotopic (exact) mass is 382 g/mol. The van der Waals surface area contributed by atoms with E-state index in [2.05, 4.69) is 11.4 Å². The first-order valence-electron chi connectivity index (χ1n) is 8.71. The maximum Gasteiger partial charge on any atom is 0.260 e. The molecule has 0 bridgehead atoms. The van der Waals surface area contributed by atoms with Crippen LogP contribution in [0.25, 0.3) is 0 Å². The van der Waals surface area contributed by atoms with Gasteiger partial charge in [-0.1, -0.05) is 12.1 Å². The number of fused-ring (bicyclic) bond motifs is 2. The second kappa shape index (κ2) is 6.93. The second-order valence-electron chi connectivity index (χ2n) is 6.58. The number of carbonyl (C=O) groups is 2. The highest BCUT2D eigenvalue weighted by molar-refractivity contribution is 7.16. The van der Waals surface area contributed by atoms with Crippen molar-refractivity contribution in [1.82, 2.24) is 0 Å². The average molecular weight is 382 g/mol. The van der Waals surface area contributed by atoms with Gasteiger partial charge in [0.25, 0.3) is 5.91 Å². The number of nitrogens with one attached hydrogen (secondary N) is 1. The SMILES string of the molecule is N#Cc1c(NC(=O)CN2C[C@@H](C(N)=O)Oc3ccccc32)sc2c1CCC2. The Morgan fingerprint density at radius 2 is 2.19 bits per heavy atom. The van der Waals surface area contributed by atoms with E-state index in [0.717, 1.165) is 30.5 Å². The Labute approximate surface area is 160 Å². The van der Waals surface area contributed by atoms with Gasteiger partial charge in [-0.3, -0.25) is 9.59 Å². The predicted octanol–water partition coefficient (Wildman–Crippen LogP) is 1.80. The van der Waals surface area contributed by atoms with Crippen LogP contribution in [-0.4, -0.2) is 31.0 Å². The van der Waals surface area contributed by atoms with Crippen LogP contribution < -0.4 is 20.7 Å². The number of ether oxygens (including phenoxy) is 1. The normalized spacial score (nSPS) is 17.4. The molecule has 27 heavy (non-hydrogen) atoms. The molecule has 2 aromatic rings. The maximum atomic E-state index is 12.6. The summed E-state index contributed by atoms with van der Waals surface area (Å²) in [5, 5.41) is 12.9. The van der Waals surface area contributed by atoms with E-state index < -0.39 is 12.0 Å². The van der Waals surface area contributed by atoms with Gasteiger partial charge in [-0.05, 0) is 37.0 Å². The Morgan fingerprint density at radius 1 is 1.37 bits per heavy atom. The van der Waals surface area contributed by atoms with Gasteiger partial charge in [0.1, 0.15) is 16.8 Å². The Balaban J connectivity index is 1.53. The summed E-state index contributed by atoms with van der Waals surface area (Å²) in [5.74, 6) is -0.295. The molecule has 1 atom stereocenters. The van der Waals surface area contributed by atoms with E-state index in [1.807, 2.05) is 12.1 Å². The van der Waals surface area contributed by atoms with Gasteiger partial charge in [-0.2, -0.15) is 5.26 Å². The molecule has 0 unspecified atom stereocenters. The number of carbonyl (C=O) groups excluding carboxylic acids is 2. The van der Waals surface area contributed by atoms with Crippen molar-refractivity contribution >= 4 is 33.8 Å². The standard InChI is InChI=1S/C19H18N4O3S/c20-8-12-11-4-3-7-16(11)27-19(12)22-17(24)10-23-9-15(18(21)25)26-14-6-2-1-5-13(14)23/h1-2,5-6,15H,3-4,7,9-10H2,(H2,21,25)(H,22,24)/t15-/m0/s1. The summed E-state index contributed by atoms with van der Waals surface area (Å²) in [6.07, 6.45) is 2.10. The van der Waals surface area contributed by atoms with Crippen LogP contribution in [0.5, 0.6) is 5.75 Å². The van der Waals surface area contributed by atoms with E-state index in [9.17, 15) is 14.9 Å². The molecule has 0 fully saturated rings. The van der Waals surface area contributed by atoms with E-state index in [-0.39, 0.29) is 19.0 Å². The van der Waals surface area contributed by atoms with Crippen molar-refractivity contribution in [3.05, 3.63) is 40.3 Å². The minimum Gasteiger partial charge on any atom is -0.477 e. The molecule has 0 radical (unpaired) electrons. The third-order valence-electron chi connectivity index (χ3n) is 4.80. The van der Waals surface area contributed by atoms with E-state index in [0.29, 0.717) is 16.3 Å². The van der Waals surface area contributed by atoms with E-state index >= 15 is 0 Å². The number of thiophene rings is 1. The smallest absolute Gasteiger partial charge is 0.260 e. The molecular weight excluding hydrogens is 364 g/mol. The highest BCUT2D eigenvalue weighted by Crippen LogP contribution is 2.38. The number of hydrogen-bond donors (Lipinski definition) is 2. The summed E-state index contributed by atoms with van der Waals surface area (Å²) in [5.41, 5.74) is 7.78. The molecule has 7 nitrogen and oxygen atoms in total. The Bertz CT molecular complexity index is 962. The average Bonchev–Trinajstić information content (AvgIpc) is 3.22. The predicted molar refractivity (Wildman–Crippen MR) is 102 cm³/mol. The van der Waals surface area contributed by atoms with Crippen molar-refractivity contribution in [3.8, 4) is 11.8 Å². The lowest BCUT2D eigenvalue weighted by atomic mass is 10.1. The summed E-state index contributed by atoms with van der Waals surface area (Å²) in [6.45, 7) is 0.239. The number of nitrogens with two attached hydrogens (primary N) is 1. The lowest BCUT2D eigenvalue weighted by Crippen LogP contribution is -2.49. The molecule has 1 aliphatic heterocycles. The first kappa shape index (κ1) is 17.4. The van der Waals surface area contributed by atoms with E-state index in [1.54, 1.807) is 17.0 Å². The molecule has 138 valence electrons. The van der Waals surface area contributed by atoms with Gasteiger partial charge in [0.2, 0.25) is 5.91 Å². The van der Waals surface area contributed by atoms with Crippen LogP contribution in [-0.2, 0) is 22.4 Å². The van der Waals surface area contributed by atoms with Crippen LogP contribution in [0.2, 0.25) is 0 Å².